The third kappa shape index (κ3) is 5.53. The van der Waals surface area contributed by atoms with Crippen LogP contribution in [0, 0.1) is 31.4 Å². The molecule has 31 heavy (non-hydrogen) atoms. The smallest absolute Gasteiger partial charge is 0.224 e. The van der Waals surface area contributed by atoms with Gasteiger partial charge in [0.1, 0.15) is 11.6 Å². The van der Waals surface area contributed by atoms with Crippen molar-refractivity contribution in [3.05, 3.63) is 82.7 Å². The number of halogens is 2. The lowest BCUT2D eigenvalue weighted by atomic mass is 9.98. The summed E-state index contributed by atoms with van der Waals surface area (Å²) in [6, 6.07) is 11.7. The number of hydrogen-bond donors (Lipinski definition) is 2. The summed E-state index contributed by atoms with van der Waals surface area (Å²) in [7, 11) is 0. The van der Waals surface area contributed by atoms with Crippen molar-refractivity contribution in [2.75, 3.05) is 6.54 Å². The molecule has 0 aliphatic rings. The number of nitrogens with two attached hydrogens (primary N) is 1. The Labute approximate surface area is 179 Å². The van der Waals surface area contributed by atoms with Crippen LogP contribution in [0.15, 0.2) is 48.5 Å². The maximum atomic E-state index is 13.2. The van der Waals surface area contributed by atoms with Crippen LogP contribution in [0.3, 0.4) is 0 Å². The van der Waals surface area contributed by atoms with Crippen molar-refractivity contribution in [3.63, 3.8) is 0 Å². The van der Waals surface area contributed by atoms with E-state index >= 15 is 0 Å². The molecule has 3 N–H and O–H groups in total. The van der Waals surface area contributed by atoms with Crippen molar-refractivity contribution >= 4 is 11.8 Å². The molecule has 0 spiro atoms. The first-order chi connectivity index (χ1) is 14.7. The topological polar surface area (TPSA) is 90.0 Å². The third-order valence-electron chi connectivity index (χ3n) is 5.19. The molecule has 2 amide bonds. The van der Waals surface area contributed by atoms with Crippen LogP contribution in [0.1, 0.15) is 22.5 Å². The molecular weight excluding hydrogens is 402 g/mol. The van der Waals surface area contributed by atoms with Gasteiger partial charge in [0.15, 0.2) is 0 Å². The van der Waals surface area contributed by atoms with Crippen molar-refractivity contribution in [1.82, 2.24) is 15.1 Å². The summed E-state index contributed by atoms with van der Waals surface area (Å²) in [6.45, 7) is 3.72. The maximum absolute atomic E-state index is 13.2. The number of hydrogen-bond acceptors (Lipinski definition) is 3. The molecule has 8 heteroatoms. The summed E-state index contributed by atoms with van der Waals surface area (Å²) < 4.78 is 27.9. The van der Waals surface area contributed by atoms with Gasteiger partial charge < -0.3 is 11.1 Å². The van der Waals surface area contributed by atoms with Crippen molar-refractivity contribution in [2.45, 2.75) is 26.7 Å². The minimum Gasteiger partial charge on any atom is -0.369 e. The van der Waals surface area contributed by atoms with Crippen LogP contribution in [0.25, 0.3) is 5.69 Å². The van der Waals surface area contributed by atoms with Crippen LogP contribution in [-0.2, 0) is 22.4 Å². The average Bonchev–Trinajstić information content (AvgIpc) is 3.01. The van der Waals surface area contributed by atoms with Gasteiger partial charge in [0, 0.05) is 17.8 Å². The minimum absolute atomic E-state index is 0.0791. The molecule has 1 aromatic heterocycles. The first-order valence-electron chi connectivity index (χ1n) is 9.86. The summed E-state index contributed by atoms with van der Waals surface area (Å²) in [4.78, 5) is 24.3. The minimum atomic E-state index is -0.612. The van der Waals surface area contributed by atoms with Crippen LogP contribution in [0.2, 0.25) is 0 Å². The fraction of sp³-hybridized carbons (Fsp3) is 0.261. The van der Waals surface area contributed by atoms with Gasteiger partial charge in [0.05, 0.1) is 23.7 Å². The Morgan fingerprint density at radius 2 is 1.61 bits per heavy atom. The number of aryl methyl sites for hydroxylation is 1. The van der Waals surface area contributed by atoms with E-state index < -0.39 is 11.8 Å². The van der Waals surface area contributed by atoms with E-state index in [1.54, 1.807) is 35.9 Å². The Bertz CT molecular complexity index is 1080. The van der Waals surface area contributed by atoms with E-state index in [2.05, 4.69) is 10.4 Å². The maximum Gasteiger partial charge on any atom is 0.224 e. The molecule has 0 saturated heterocycles. The molecule has 3 rings (SSSR count). The number of benzene rings is 2. The van der Waals surface area contributed by atoms with Crippen LogP contribution in [0.4, 0.5) is 8.78 Å². The second-order valence-electron chi connectivity index (χ2n) is 7.45. The van der Waals surface area contributed by atoms with E-state index in [1.807, 2.05) is 6.92 Å². The number of primary amides is 1. The molecule has 3 aromatic rings. The van der Waals surface area contributed by atoms with Gasteiger partial charge in [-0.1, -0.05) is 12.1 Å². The normalized spacial score (nSPS) is 11.9. The van der Waals surface area contributed by atoms with Gasteiger partial charge >= 0.3 is 0 Å². The number of rotatable bonds is 8. The van der Waals surface area contributed by atoms with Gasteiger partial charge in [-0.2, -0.15) is 5.10 Å². The number of nitrogens with one attached hydrogen (secondary N) is 1. The van der Waals surface area contributed by atoms with E-state index in [-0.39, 0.29) is 30.5 Å². The molecule has 0 bridgehead atoms. The van der Waals surface area contributed by atoms with Gasteiger partial charge in [0.25, 0.3) is 0 Å². The molecule has 2 aromatic carbocycles. The van der Waals surface area contributed by atoms with E-state index in [0.29, 0.717) is 17.8 Å². The lowest BCUT2D eigenvalue weighted by Gasteiger charge is -2.15. The third-order valence-corrected chi connectivity index (χ3v) is 5.19. The summed E-state index contributed by atoms with van der Waals surface area (Å²) in [5, 5.41) is 7.21. The van der Waals surface area contributed by atoms with Gasteiger partial charge in [-0.3, -0.25) is 9.59 Å². The zero-order valence-electron chi connectivity index (χ0n) is 17.4. The second-order valence-corrected chi connectivity index (χ2v) is 7.45. The van der Waals surface area contributed by atoms with Crippen LogP contribution < -0.4 is 11.1 Å². The predicted molar refractivity (Wildman–Crippen MR) is 112 cm³/mol. The second kappa shape index (κ2) is 9.51. The molecule has 1 atom stereocenters. The monoisotopic (exact) mass is 426 g/mol. The molecule has 0 fully saturated rings. The van der Waals surface area contributed by atoms with Crippen LogP contribution >= 0.6 is 0 Å². The lowest BCUT2D eigenvalue weighted by molar-refractivity contribution is -0.123. The zero-order chi connectivity index (χ0) is 22.5. The number of nitrogens with zero attached hydrogens (tertiary/aromatic N) is 2. The molecule has 1 unspecified atom stereocenters. The van der Waals surface area contributed by atoms with E-state index in [0.717, 1.165) is 16.8 Å². The molecule has 1 heterocycles. The average molecular weight is 426 g/mol. The largest absolute Gasteiger partial charge is 0.369 e. The Morgan fingerprint density at radius 3 is 2.19 bits per heavy atom. The molecule has 0 radical (unpaired) electrons. The van der Waals surface area contributed by atoms with Crippen molar-refractivity contribution in [3.8, 4) is 5.69 Å². The first-order valence-corrected chi connectivity index (χ1v) is 9.86. The molecular formula is C23H24F2N4O2. The van der Waals surface area contributed by atoms with Gasteiger partial charge in [-0.25, -0.2) is 13.5 Å². The fourth-order valence-corrected chi connectivity index (χ4v) is 3.40. The van der Waals surface area contributed by atoms with E-state index in [4.69, 9.17) is 5.73 Å². The standard InChI is InChI=1S/C23H24F2N4O2/c1-14-21(15(2)29(28-14)20-9-7-19(25)8-10-20)12-22(30)27-13-17(23(26)31)11-16-3-5-18(24)6-4-16/h3-10,17H,11-13H2,1-2H3,(H2,26,31)(H,27,30). The van der Waals surface area contributed by atoms with Crippen LogP contribution in [-0.4, -0.2) is 28.1 Å². The predicted octanol–water partition coefficient (Wildman–Crippen LogP) is 2.77. The zero-order valence-corrected chi connectivity index (χ0v) is 17.4. The molecule has 0 aliphatic heterocycles. The first kappa shape index (κ1) is 22.1. The van der Waals surface area contributed by atoms with Gasteiger partial charge in [0.2, 0.25) is 11.8 Å². The molecule has 6 nitrogen and oxygen atoms in total. The highest BCUT2D eigenvalue weighted by molar-refractivity contribution is 5.81. The highest BCUT2D eigenvalue weighted by Gasteiger charge is 2.20. The van der Waals surface area contributed by atoms with Crippen molar-refractivity contribution in [1.29, 1.82) is 0 Å². The summed E-state index contributed by atoms with van der Waals surface area (Å²) >= 11 is 0. The number of amides is 2. The summed E-state index contributed by atoms with van der Waals surface area (Å²) in [6.07, 6.45) is 0.386. The Kier molecular flexibility index (Phi) is 6.79. The van der Waals surface area contributed by atoms with E-state index in [1.165, 1.54) is 24.3 Å². The lowest BCUT2D eigenvalue weighted by Crippen LogP contribution is -2.38. The highest BCUT2D eigenvalue weighted by Crippen LogP contribution is 2.19. The Balaban J connectivity index is 1.65. The van der Waals surface area contributed by atoms with Gasteiger partial charge in [-0.05, 0) is 62.2 Å². The molecule has 162 valence electrons. The molecule has 0 saturated carbocycles. The van der Waals surface area contributed by atoms with E-state index in [9.17, 15) is 18.4 Å². The fourth-order valence-electron chi connectivity index (χ4n) is 3.40. The quantitative estimate of drug-likeness (QED) is 0.580. The Hall–Kier alpha value is -3.55. The highest BCUT2D eigenvalue weighted by atomic mass is 19.1. The van der Waals surface area contributed by atoms with Crippen molar-refractivity contribution in [2.24, 2.45) is 11.7 Å². The number of carbonyl (C=O) groups excluding carboxylic acids is 2. The van der Waals surface area contributed by atoms with Crippen molar-refractivity contribution < 1.29 is 18.4 Å². The van der Waals surface area contributed by atoms with Gasteiger partial charge in [-0.15, -0.1) is 0 Å². The molecule has 0 aliphatic carbocycles. The number of aromatic nitrogens is 2. The SMILES string of the molecule is Cc1nn(-c2ccc(F)cc2)c(C)c1CC(=O)NCC(Cc1ccc(F)cc1)C(N)=O. The summed E-state index contributed by atoms with van der Waals surface area (Å²) in [5.41, 5.74) is 9.15. The number of carbonyl (C=O) groups is 2. The van der Waals surface area contributed by atoms with Crippen LogP contribution in [0.5, 0.6) is 0 Å². The summed E-state index contributed by atoms with van der Waals surface area (Å²) in [5.74, 6) is -2.12. The Morgan fingerprint density at radius 1 is 1.03 bits per heavy atom.